The first-order valence-electron chi connectivity index (χ1n) is 11.1. The summed E-state index contributed by atoms with van der Waals surface area (Å²) in [5.74, 6) is 0.110. The second-order valence-electron chi connectivity index (χ2n) is 9.01. The standard InChI is InChI=1S/C28H28N2O4S/c1-18-16-21-17-24(35(32,33)34)14-15-25(21)27(28(18)31)26(19-6-10-22(11-7-19)29(2)3)20-8-12-23(13-9-20)30(4)5/h6-17H,1-5H3,(H,32,33,34). The number of anilines is 1. The van der Waals surface area contributed by atoms with E-state index in [9.17, 15) is 18.1 Å². The molecule has 0 saturated carbocycles. The van der Waals surface area contributed by atoms with Crippen LogP contribution < -0.4 is 4.90 Å². The van der Waals surface area contributed by atoms with Gasteiger partial charge in [0, 0.05) is 43.1 Å². The molecule has 1 N–H and O–H groups in total. The summed E-state index contributed by atoms with van der Waals surface area (Å²) in [4.78, 5) is 1.72. The van der Waals surface area contributed by atoms with Gasteiger partial charge in [0.2, 0.25) is 0 Å². The van der Waals surface area contributed by atoms with Crippen LogP contribution in [0.2, 0.25) is 0 Å². The van der Waals surface area contributed by atoms with Crippen molar-refractivity contribution in [1.82, 2.24) is 0 Å². The lowest BCUT2D eigenvalue weighted by Crippen LogP contribution is -2.10. The molecule has 3 aromatic rings. The first-order chi connectivity index (χ1) is 16.5. The van der Waals surface area contributed by atoms with Crippen LogP contribution in [0, 0.1) is 6.92 Å². The van der Waals surface area contributed by atoms with Gasteiger partial charge in [-0.3, -0.25) is 0 Å². The van der Waals surface area contributed by atoms with Crippen molar-refractivity contribution in [2.45, 2.75) is 11.8 Å². The Kier molecular flexibility index (Phi) is 6.40. The molecular formula is C28H28N2O4S. The zero-order chi connectivity index (χ0) is 25.5. The lowest BCUT2D eigenvalue weighted by Gasteiger charge is -2.20. The predicted octanol–water partition coefficient (Wildman–Crippen LogP) is 4.46. The molecule has 0 aliphatic heterocycles. The predicted molar refractivity (Wildman–Crippen MR) is 140 cm³/mol. The number of nitrogens with zero attached hydrogens (tertiary/aromatic N) is 2. The molecule has 7 heteroatoms. The van der Waals surface area contributed by atoms with Crippen molar-refractivity contribution in [1.29, 1.82) is 0 Å². The summed E-state index contributed by atoms with van der Waals surface area (Å²) < 4.78 is 37.0. The van der Waals surface area contributed by atoms with Crippen molar-refractivity contribution < 1.29 is 22.7 Å². The maximum absolute atomic E-state index is 11.6. The molecule has 0 unspecified atom stereocenters. The minimum atomic E-state index is -4.61. The van der Waals surface area contributed by atoms with E-state index in [1.54, 1.807) is 19.1 Å². The van der Waals surface area contributed by atoms with Crippen LogP contribution >= 0.6 is 0 Å². The van der Waals surface area contributed by atoms with Gasteiger partial charge in [-0.25, -0.2) is 13.0 Å². The van der Waals surface area contributed by atoms with E-state index in [1.807, 2.05) is 86.2 Å². The van der Waals surface area contributed by atoms with Gasteiger partial charge in [0.05, 0.1) is 4.90 Å². The third-order valence-corrected chi connectivity index (χ3v) is 6.99. The Bertz CT molecular complexity index is 1540. The summed E-state index contributed by atoms with van der Waals surface area (Å²) in [7, 11) is 3.28. The van der Waals surface area contributed by atoms with Gasteiger partial charge in [0.15, 0.2) is 5.71 Å². The van der Waals surface area contributed by atoms with E-state index in [4.69, 9.17) is 0 Å². The molecule has 6 nitrogen and oxygen atoms in total. The van der Waals surface area contributed by atoms with E-state index in [2.05, 4.69) is 0 Å². The number of phenols is 1. The fourth-order valence-electron chi connectivity index (χ4n) is 4.23. The molecule has 0 radical (unpaired) electrons. The Morgan fingerprint density at radius 3 is 2.11 bits per heavy atom. The molecule has 0 aromatic heterocycles. The topological polar surface area (TPSA) is 83.7 Å². The molecular weight excluding hydrogens is 460 g/mol. The van der Waals surface area contributed by atoms with Crippen LogP contribution in [-0.2, 0) is 10.1 Å². The summed E-state index contributed by atoms with van der Waals surface area (Å²) >= 11 is 0. The minimum Gasteiger partial charge on any atom is -0.744 e. The maximum atomic E-state index is 11.6. The van der Waals surface area contributed by atoms with Gasteiger partial charge in [-0.2, -0.15) is 0 Å². The number of hydrogen-bond acceptors (Lipinski definition) is 5. The van der Waals surface area contributed by atoms with Gasteiger partial charge in [-0.1, -0.05) is 18.2 Å². The van der Waals surface area contributed by atoms with E-state index in [0.717, 1.165) is 28.1 Å². The lowest BCUT2D eigenvalue weighted by molar-refractivity contribution is -0.462. The van der Waals surface area contributed by atoms with E-state index < -0.39 is 10.1 Å². The number of phenolic OH excluding ortho intramolecular Hbond substituents is 1. The van der Waals surface area contributed by atoms with Gasteiger partial charge in [-0.15, -0.1) is 0 Å². The van der Waals surface area contributed by atoms with Crippen LogP contribution in [-0.4, -0.2) is 56.6 Å². The van der Waals surface area contributed by atoms with Crippen LogP contribution in [0.1, 0.15) is 16.7 Å². The lowest BCUT2D eigenvalue weighted by atomic mass is 9.86. The highest BCUT2D eigenvalue weighted by atomic mass is 32.2. The Hall–Kier alpha value is -3.68. The van der Waals surface area contributed by atoms with Crippen molar-refractivity contribution in [3.8, 4) is 5.75 Å². The number of aryl methyl sites for hydroxylation is 1. The molecule has 0 atom stereocenters. The fraction of sp³-hybridized carbons (Fsp3) is 0.179. The molecule has 0 saturated heterocycles. The summed E-state index contributed by atoms with van der Waals surface area (Å²) in [6.45, 7) is 1.76. The Morgan fingerprint density at radius 1 is 0.943 bits per heavy atom. The average molecular weight is 489 g/mol. The van der Waals surface area contributed by atoms with Crippen LogP contribution in [0.3, 0.4) is 0 Å². The summed E-state index contributed by atoms with van der Waals surface area (Å²) in [5.41, 5.74) is 5.86. The van der Waals surface area contributed by atoms with Gasteiger partial charge in [0.1, 0.15) is 30.0 Å². The van der Waals surface area contributed by atoms with Gasteiger partial charge < -0.3 is 14.6 Å². The van der Waals surface area contributed by atoms with Crippen LogP contribution in [0.4, 0.5) is 5.69 Å². The van der Waals surface area contributed by atoms with E-state index >= 15 is 0 Å². The molecule has 0 fully saturated rings. The minimum absolute atomic E-state index is 0.110. The number of aromatic hydroxyl groups is 1. The monoisotopic (exact) mass is 488 g/mol. The van der Waals surface area contributed by atoms with Crippen molar-refractivity contribution in [3.63, 3.8) is 0 Å². The highest BCUT2D eigenvalue weighted by Crippen LogP contribution is 2.42. The Labute approximate surface area is 206 Å². The Balaban J connectivity index is 2.07. The smallest absolute Gasteiger partial charge is 0.199 e. The third-order valence-electron chi connectivity index (χ3n) is 6.16. The first kappa shape index (κ1) is 24.4. The van der Waals surface area contributed by atoms with Gasteiger partial charge in [0.25, 0.3) is 0 Å². The highest BCUT2D eigenvalue weighted by molar-refractivity contribution is 7.85. The van der Waals surface area contributed by atoms with Crippen LogP contribution in [0.5, 0.6) is 5.75 Å². The van der Waals surface area contributed by atoms with Crippen molar-refractivity contribution in [2.75, 3.05) is 33.1 Å². The number of hydrogen-bond donors (Lipinski definition) is 1. The first-order valence-corrected chi connectivity index (χ1v) is 12.5. The zero-order valence-electron chi connectivity index (χ0n) is 20.4. The summed E-state index contributed by atoms with van der Waals surface area (Å²) in [6, 6.07) is 14.0. The normalized spacial score (nSPS) is 13.4. The maximum Gasteiger partial charge on any atom is 0.199 e. The largest absolute Gasteiger partial charge is 0.744 e. The van der Waals surface area contributed by atoms with E-state index in [-0.39, 0.29) is 10.6 Å². The molecule has 3 aromatic carbocycles. The van der Waals surface area contributed by atoms with Crippen LogP contribution in [0.25, 0.3) is 16.3 Å². The molecule has 35 heavy (non-hydrogen) atoms. The second-order valence-corrected chi connectivity index (χ2v) is 10.4. The molecule has 0 bridgehead atoms. The van der Waals surface area contributed by atoms with Gasteiger partial charge in [-0.05, 0) is 76.9 Å². The van der Waals surface area contributed by atoms with Crippen molar-refractivity contribution in [2.24, 2.45) is 0 Å². The quantitative estimate of drug-likeness (QED) is 0.433. The zero-order valence-corrected chi connectivity index (χ0v) is 21.2. The molecule has 180 valence electrons. The molecule has 4 rings (SSSR count). The summed E-state index contributed by atoms with van der Waals surface area (Å²) in [5, 5.41) is 12.5. The van der Waals surface area contributed by atoms with Crippen LogP contribution in [0.15, 0.2) is 83.3 Å². The Morgan fingerprint density at radius 2 is 1.57 bits per heavy atom. The molecule has 0 spiro atoms. The summed E-state index contributed by atoms with van der Waals surface area (Å²) in [6.07, 6.45) is 8.05. The molecule has 1 aliphatic carbocycles. The molecule has 0 amide bonds. The molecule has 1 aliphatic rings. The second kappa shape index (κ2) is 9.17. The van der Waals surface area contributed by atoms with E-state index in [0.29, 0.717) is 21.9 Å². The SMILES string of the molecule is Cc1cc2cc(S(=O)(=O)[O-])ccc2c(C(=C2C=CC(=[N+](C)C)C=C2)c2ccc(N(C)C)cc2)c1O. The number of rotatable bonds is 4. The average Bonchev–Trinajstić information content (AvgIpc) is 2.81. The number of fused-ring (bicyclic) bond motifs is 1. The molecule has 0 heterocycles. The highest BCUT2D eigenvalue weighted by Gasteiger charge is 2.21. The number of benzene rings is 3. The van der Waals surface area contributed by atoms with Crippen molar-refractivity contribution >= 4 is 37.9 Å². The number of allylic oxidation sites excluding steroid dienone is 5. The van der Waals surface area contributed by atoms with Gasteiger partial charge >= 0.3 is 0 Å². The fourth-order valence-corrected chi connectivity index (χ4v) is 4.74. The van der Waals surface area contributed by atoms with Crippen molar-refractivity contribution in [3.05, 3.63) is 95.1 Å². The van der Waals surface area contributed by atoms with E-state index in [1.165, 1.54) is 12.1 Å². The third kappa shape index (κ3) is 4.78.